The Hall–Kier alpha value is -2.69. The van der Waals surface area contributed by atoms with Gasteiger partial charge in [-0.15, -0.1) is 0 Å². The molecule has 100 valence electrons. The second-order valence-corrected chi connectivity index (χ2v) is 4.61. The Morgan fingerprint density at radius 3 is 2.55 bits per heavy atom. The third-order valence-electron chi connectivity index (χ3n) is 3.09. The number of nitrogens with zero attached hydrogens (tertiary/aromatic N) is 4. The average Bonchev–Trinajstić information content (AvgIpc) is 2.98. The summed E-state index contributed by atoms with van der Waals surface area (Å²) >= 11 is 0. The molecule has 20 heavy (non-hydrogen) atoms. The first-order valence-corrected chi connectivity index (χ1v) is 6.31. The van der Waals surface area contributed by atoms with Crippen molar-refractivity contribution in [2.24, 2.45) is 12.1 Å². The molecule has 1 aromatic carbocycles. The van der Waals surface area contributed by atoms with Crippen LogP contribution in [-0.4, -0.2) is 21.4 Å². The zero-order valence-electron chi connectivity index (χ0n) is 11.3. The van der Waals surface area contributed by atoms with E-state index < -0.39 is 0 Å². The van der Waals surface area contributed by atoms with Crippen molar-refractivity contribution in [2.75, 3.05) is 5.01 Å². The van der Waals surface area contributed by atoms with Crippen LogP contribution in [0.1, 0.15) is 12.6 Å². The van der Waals surface area contributed by atoms with Crippen molar-refractivity contribution in [3.05, 3.63) is 53.9 Å². The lowest BCUT2D eigenvalue weighted by Gasteiger charge is -2.10. The SMILES string of the molecule is CC1=NN(c2ccccc2)C(=O)C1=Cc1ccn(C)n1. The van der Waals surface area contributed by atoms with Gasteiger partial charge in [0, 0.05) is 13.2 Å². The molecule has 2 aromatic rings. The molecule has 5 heteroatoms. The lowest BCUT2D eigenvalue weighted by atomic mass is 10.1. The van der Waals surface area contributed by atoms with Gasteiger partial charge >= 0.3 is 0 Å². The monoisotopic (exact) mass is 266 g/mol. The van der Waals surface area contributed by atoms with E-state index in [1.165, 1.54) is 5.01 Å². The van der Waals surface area contributed by atoms with Gasteiger partial charge in [-0.05, 0) is 31.2 Å². The molecule has 2 heterocycles. The van der Waals surface area contributed by atoms with Crippen molar-refractivity contribution >= 4 is 23.4 Å². The Bertz CT molecular complexity index is 712. The highest BCUT2D eigenvalue weighted by atomic mass is 16.2. The fourth-order valence-electron chi connectivity index (χ4n) is 2.09. The van der Waals surface area contributed by atoms with Gasteiger partial charge in [-0.1, -0.05) is 18.2 Å². The minimum atomic E-state index is -0.126. The molecular formula is C15H14N4O. The first-order valence-electron chi connectivity index (χ1n) is 6.31. The predicted octanol–water partition coefficient (Wildman–Crippen LogP) is 2.23. The van der Waals surface area contributed by atoms with E-state index in [1.807, 2.05) is 56.6 Å². The quantitative estimate of drug-likeness (QED) is 0.783. The van der Waals surface area contributed by atoms with E-state index in [-0.39, 0.29) is 5.91 Å². The van der Waals surface area contributed by atoms with E-state index in [1.54, 1.807) is 10.8 Å². The molecule has 0 bridgehead atoms. The molecule has 1 aliphatic heterocycles. The Labute approximate surface area is 116 Å². The summed E-state index contributed by atoms with van der Waals surface area (Å²) in [6.07, 6.45) is 3.61. The minimum absolute atomic E-state index is 0.126. The van der Waals surface area contributed by atoms with Crippen molar-refractivity contribution < 1.29 is 4.79 Å². The summed E-state index contributed by atoms with van der Waals surface area (Å²) in [4.78, 5) is 12.4. The van der Waals surface area contributed by atoms with E-state index in [9.17, 15) is 4.79 Å². The molecule has 0 spiro atoms. The largest absolute Gasteiger partial charge is 0.280 e. The van der Waals surface area contributed by atoms with Crippen molar-refractivity contribution in [3.8, 4) is 0 Å². The molecule has 0 unspecified atom stereocenters. The standard InChI is InChI=1S/C15H14N4O/c1-11-14(10-12-8-9-18(2)17-12)15(20)19(16-11)13-6-4-3-5-7-13/h3-10H,1-2H3. The van der Waals surface area contributed by atoms with Gasteiger partial charge in [0.05, 0.1) is 22.7 Å². The zero-order chi connectivity index (χ0) is 14.1. The van der Waals surface area contributed by atoms with Gasteiger partial charge in [0.15, 0.2) is 0 Å². The highest BCUT2D eigenvalue weighted by Gasteiger charge is 2.28. The molecule has 0 atom stereocenters. The van der Waals surface area contributed by atoms with Crippen LogP contribution in [-0.2, 0) is 11.8 Å². The van der Waals surface area contributed by atoms with Crippen LogP contribution >= 0.6 is 0 Å². The van der Waals surface area contributed by atoms with Crippen molar-refractivity contribution in [1.82, 2.24) is 9.78 Å². The third-order valence-corrected chi connectivity index (χ3v) is 3.09. The van der Waals surface area contributed by atoms with E-state index in [2.05, 4.69) is 10.2 Å². The van der Waals surface area contributed by atoms with Crippen LogP contribution in [0.25, 0.3) is 6.08 Å². The summed E-state index contributed by atoms with van der Waals surface area (Å²) in [5.41, 5.74) is 2.79. The second kappa shape index (κ2) is 4.77. The third kappa shape index (κ3) is 2.14. The number of hydrazone groups is 1. The Balaban J connectivity index is 1.95. The maximum absolute atomic E-state index is 12.4. The summed E-state index contributed by atoms with van der Waals surface area (Å²) in [7, 11) is 1.84. The van der Waals surface area contributed by atoms with E-state index >= 15 is 0 Å². The molecule has 5 nitrogen and oxygen atoms in total. The fraction of sp³-hybridized carbons (Fsp3) is 0.133. The highest BCUT2D eigenvalue weighted by molar-refractivity contribution is 6.32. The number of carbonyl (C=O) groups excluding carboxylic acids is 1. The molecular weight excluding hydrogens is 252 g/mol. The fourth-order valence-corrected chi connectivity index (χ4v) is 2.09. The van der Waals surface area contributed by atoms with E-state index in [0.717, 1.165) is 11.4 Å². The number of hydrogen-bond donors (Lipinski definition) is 0. The molecule has 1 amide bonds. The van der Waals surface area contributed by atoms with Crippen LogP contribution in [0.4, 0.5) is 5.69 Å². The van der Waals surface area contributed by atoms with Gasteiger partial charge in [-0.25, -0.2) is 0 Å². The van der Waals surface area contributed by atoms with Gasteiger partial charge < -0.3 is 0 Å². The molecule has 0 aliphatic carbocycles. The highest BCUT2D eigenvalue weighted by Crippen LogP contribution is 2.24. The Kier molecular flexibility index (Phi) is 2.95. The topological polar surface area (TPSA) is 50.5 Å². The summed E-state index contributed by atoms with van der Waals surface area (Å²) in [6, 6.07) is 11.3. The summed E-state index contributed by atoms with van der Waals surface area (Å²) in [5.74, 6) is -0.126. The minimum Gasteiger partial charge on any atom is -0.275 e. The zero-order valence-corrected chi connectivity index (χ0v) is 11.3. The number of anilines is 1. The van der Waals surface area contributed by atoms with Gasteiger partial charge in [-0.2, -0.15) is 15.2 Å². The number of rotatable bonds is 2. The van der Waals surface area contributed by atoms with Crippen LogP contribution in [0, 0.1) is 0 Å². The number of hydrogen-bond acceptors (Lipinski definition) is 3. The number of aromatic nitrogens is 2. The smallest absolute Gasteiger partial charge is 0.275 e. The summed E-state index contributed by atoms with van der Waals surface area (Å²) in [5, 5.41) is 10.00. The van der Waals surface area contributed by atoms with Crippen LogP contribution in [0.5, 0.6) is 0 Å². The molecule has 0 saturated heterocycles. The average molecular weight is 266 g/mol. The maximum atomic E-state index is 12.4. The second-order valence-electron chi connectivity index (χ2n) is 4.61. The van der Waals surface area contributed by atoms with Crippen molar-refractivity contribution in [3.63, 3.8) is 0 Å². The van der Waals surface area contributed by atoms with E-state index in [4.69, 9.17) is 0 Å². The van der Waals surface area contributed by atoms with Crippen LogP contribution in [0.2, 0.25) is 0 Å². The van der Waals surface area contributed by atoms with Gasteiger partial charge in [-0.3, -0.25) is 9.48 Å². The molecule has 0 N–H and O–H groups in total. The summed E-state index contributed by atoms with van der Waals surface area (Å²) in [6.45, 7) is 1.83. The lowest BCUT2D eigenvalue weighted by molar-refractivity contribution is -0.114. The Morgan fingerprint density at radius 2 is 1.90 bits per heavy atom. The van der Waals surface area contributed by atoms with Crippen LogP contribution in [0.3, 0.4) is 0 Å². The maximum Gasteiger partial charge on any atom is 0.280 e. The Morgan fingerprint density at radius 1 is 1.15 bits per heavy atom. The number of para-hydroxylation sites is 1. The normalized spacial score (nSPS) is 16.9. The van der Waals surface area contributed by atoms with Gasteiger partial charge in [0.2, 0.25) is 0 Å². The molecule has 0 radical (unpaired) electrons. The van der Waals surface area contributed by atoms with E-state index in [0.29, 0.717) is 11.3 Å². The first kappa shape index (κ1) is 12.3. The predicted molar refractivity (Wildman–Crippen MR) is 78.2 cm³/mol. The molecule has 0 saturated carbocycles. The summed E-state index contributed by atoms with van der Waals surface area (Å²) < 4.78 is 1.70. The molecule has 0 fully saturated rings. The number of aryl methyl sites for hydroxylation is 1. The van der Waals surface area contributed by atoms with Gasteiger partial charge in [0.25, 0.3) is 5.91 Å². The van der Waals surface area contributed by atoms with Crippen LogP contribution < -0.4 is 5.01 Å². The number of benzene rings is 1. The van der Waals surface area contributed by atoms with Crippen molar-refractivity contribution in [1.29, 1.82) is 0 Å². The van der Waals surface area contributed by atoms with Crippen LogP contribution in [0.15, 0.2) is 53.3 Å². The number of amides is 1. The number of carbonyl (C=O) groups is 1. The first-order chi connectivity index (χ1) is 9.65. The molecule has 1 aromatic heterocycles. The lowest BCUT2D eigenvalue weighted by Crippen LogP contribution is -2.21. The van der Waals surface area contributed by atoms with Gasteiger partial charge in [0.1, 0.15) is 0 Å². The molecule has 3 rings (SSSR count). The van der Waals surface area contributed by atoms with Crippen molar-refractivity contribution in [2.45, 2.75) is 6.92 Å². The molecule has 1 aliphatic rings.